The van der Waals surface area contributed by atoms with Crippen LogP contribution in [-0.2, 0) is 7.05 Å². The first-order valence-corrected chi connectivity index (χ1v) is 12.4. The van der Waals surface area contributed by atoms with E-state index in [2.05, 4.69) is 32.3 Å². The third-order valence-electron chi connectivity index (χ3n) is 6.38. The largest absolute Gasteiger partial charge is 0.381 e. The van der Waals surface area contributed by atoms with Crippen molar-refractivity contribution < 1.29 is 4.79 Å². The smallest absolute Gasteiger partial charge is 0.267 e. The zero-order valence-electron chi connectivity index (χ0n) is 21.6. The molecule has 6 rings (SSSR count). The van der Waals surface area contributed by atoms with Crippen molar-refractivity contribution in [2.75, 3.05) is 5.73 Å². The van der Waals surface area contributed by atoms with Crippen molar-refractivity contribution in [1.29, 1.82) is 0 Å². The summed E-state index contributed by atoms with van der Waals surface area (Å²) in [6.07, 6.45) is 5.02. The third-order valence-corrected chi connectivity index (χ3v) is 6.38. The van der Waals surface area contributed by atoms with E-state index in [9.17, 15) is 9.59 Å². The fourth-order valence-electron chi connectivity index (χ4n) is 4.55. The minimum atomic E-state index is -0.665. The number of amides is 1. The molecule has 0 saturated heterocycles. The number of pyridine rings is 1. The molecule has 1 atom stereocenters. The van der Waals surface area contributed by atoms with Crippen LogP contribution in [0.1, 0.15) is 40.4 Å². The number of aryl methyl sites for hydroxylation is 1. The van der Waals surface area contributed by atoms with Gasteiger partial charge >= 0.3 is 0 Å². The average molecular weight is 530 g/mol. The highest BCUT2D eigenvalue weighted by molar-refractivity contribution is 6.04. The molecule has 0 saturated carbocycles. The molecule has 6 aromatic rings. The van der Waals surface area contributed by atoms with Crippen LogP contribution >= 0.6 is 0 Å². The van der Waals surface area contributed by atoms with Gasteiger partial charge in [-0.05, 0) is 48.6 Å². The predicted molar refractivity (Wildman–Crippen MR) is 149 cm³/mol. The van der Waals surface area contributed by atoms with Gasteiger partial charge in [0.2, 0.25) is 0 Å². The van der Waals surface area contributed by atoms with E-state index in [1.807, 2.05) is 37.4 Å². The lowest BCUT2D eigenvalue weighted by atomic mass is 10.0. The number of nitrogen functional groups attached to an aromatic ring is 1. The topological polar surface area (TPSA) is 138 Å². The minimum Gasteiger partial charge on any atom is -0.381 e. The number of anilines is 1. The van der Waals surface area contributed by atoms with Gasteiger partial charge in [-0.1, -0.05) is 36.4 Å². The number of rotatable bonds is 4. The van der Waals surface area contributed by atoms with E-state index >= 15 is 0 Å². The molecule has 0 unspecified atom stereocenters. The highest BCUT2D eigenvalue weighted by Gasteiger charge is 2.25. The molecular weight excluding hydrogens is 506 g/mol. The molecule has 40 heavy (non-hydrogen) atoms. The Balaban J connectivity index is 1.48. The Morgan fingerprint density at radius 2 is 1.82 bits per heavy atom. The van der Waals surface area contributed by atoms with Crippen LogP contribution in [0.2, 0.25) is 0 Å². The van der Waals surface area contributed by atoms with E-state index < -0.39 is 11.9 Å². The number of nitrogens with two attached hydrogens (primary N) is 1. The van der Waals surface area contributed by atoms with Crippen molar-refractivity contribution in [3.8, 4) is 23.0 Å². The lowest BCUT2D eigenvalue weighted by Gasteiger charge is -2.18. The molecule has 5 heterocycles. The number of benzene rings is 1. The van der Waals surface area contributed by atoms with E-state index in [0.717, 1.165) is 0 Å². The van der Waals surface area contributed by atoms with Gasteiger partial charge in [-0.15, -0.1) is 5.10 Å². The molecule has 0 aliphatic rings. The van der Waals surface area contributed by atoms with Crippen molar-refractivity contribution in [3.63, 3.8) is 0 Å². The van der Waals surface area contributed by atoms with Gasteiger partial charge in [0.1, 0.15) is 22.6 Å². The SMILES string of the molecule is C[C@H](NC(=O)c1c(N)nn2cccnc12)c1nc2cccc(C#Cc3ccn(C)n3)n2c(=O)c1-c1ccccc1. The summed E-state index contributed by atoms with van der Waals surface area (Å²) in [5.74, 6) is 5.64. The lowest BCUT2D eigenvalue weighted by Crippen LogP contribution is -2.31. The molecule has 1 amide bonds. The molecule has 196 valence electrons. The van der Waals surface area contributed by atoms with Crippen molar-refractivity contribution in [2.24, 2.45) is 7.05 Å². The van der Waals surface area contributed by atoms with Crippen LogP contribution in [0.3, 0.4) is 0 Å². The summed E-state index contributed by atoms with van der Waals surface area (Å²) < 4.78 is 4.58. The summed E-state index contributed by atoms with van der Waals surface area (Å²) in [6.45, 7) is 1.77. The molecule has 11 nitrogen and oxygen atoms in total. The number of carbonyl (C=O) groups excluding carboxylic acids is 1. The van der Waals surface area contributed by atoms with Crippen LogP contribution in [0.15, 0.2) is 84.0 Å². The molecule has 5 aromatic heterocycles. The molecular formula is C29H23N9O2. The van der Waals surface area contributed by atoms with Crippen molar-refractivity contribution in [2.45, 2.75) is 13.0 Å². The van der Waals surface area contributed by atoms with Gasteiger partial charge in [-0.2, -0.15) is 5.10 Å². The number of hydrogen-bond acceptors (Lipinski definition) is 7. The number of fused-ring (bicyclic) bond motifs is 2. The molecule has 3 N–H and O–H groups in total. The standard InChI is InChI=1S/C29H23N9O2/c1-18(32-28(39)24-26(30)35-37-16-7-15-31-27(24)37)25-23(19-8-4-3-5-9-19)29(40)38-21(10-6-11-22(38)33-25)13-12-20-14-17-36(2)34-20/h3-11,14-18H,1-2H3,(H2,30,35)(H,32,39)/t18-/m0/s1. The highest BCUT2D eigenvalue weighted by Crippen LogP contribution is 2.26. The molecule has 0 aliphatic carbocycles. The second-order valence-corrected chi connectivity index (χ2v) is 9.12. The molecule has 0 radical (unpaired) electrons. The van der Waals surface area contributed by atoms with Gasteiger partial charge in [0.05, 0.1) is 17.3 Å². The van der Waals surface area contributed by atoms with Crippen LogP contribution in [0.4, 0.5) is 5.82 Å². The van der Waals surface area contributed by atoms with Gasteiger partial charge in [-0.3, -0.25) is 18.7 Å². The van der Waals surface area contributed by atoms with E-state index in [1.165, 1.54) is 8.92 Å². The van der Waals surface area contributed by atoms with Crippen LogP contribution < -0.4 is 16.6 Å². The van der Waals surface area contributed by atoms with E-state index in [1.54, 1.807) is 60.5 Å². The molecule has 0 bridgehead atoms. The maximum absolute atomic E-state index is 14.1. The molecule has 0 aliphatic heterocycles. The maximum Gasteiger partial charge on any atom is 0.267 e. The molecule has 0 fully saturated rings. The number of aromatic nitrogens is 7. The fourth-order valence-corrected chi connectivity index (χ4v) is 4.55. The second kappa shape index (κ2) is 9.85. The fraction of sp³-hybridized carbons (Fsp3) is 0.103. The lowest BCUT2D eigenvalue weighted by molar-refractivity contribution is 0.0941. The predicted octanol–water partition coefficient (Wildman–Crippen LogP) is 2.61. The summed E-state index contributed by atoms with van der Waals surface area (Å²) in [6, 6.07) is 17.3. The number of nitrogens with zero attached hydrogens (tertiary/aromatic N) is 7. The van der Waals surface area contributed by atoms with Crippen LogP contribution in [0.5, 0.6) is 0 Å². The first-order valence-electron chi connectivity index (χ1n) is 12.4. The summed E-state index contributed by atoms with van der Waals surface area (Å²) in [5.41, 5.74) is 9.08. The van der Waals surface area contributed by atoms with Gasteiger partial charge in [0.25, 0.3) is 11.5 Å². The molecule has 11 heteroatoms. The van der Waals surface area contributed by atoms with E-state index in [-0.39, 0.29) is 16.9 Å². The average Bonchev–Trinajstić information content (AvgIpc) is 3.53. The zero-order chi connectivity index (χ0) is 27.8. The van der Waals surface area contributed by atoms with Crippen molar-refractivity contribution in [1.82, 2.24) is 39.1 Å². The zero-order valence-corrected chi connectivity index (χ0v) is 21.6. The summed E-state index contributed by atoms with van der Waals surface area (Å²) >= 11 is 0. The van der Waals surface area contributed by atoms with Crippen LogP contribution in [-0.4, -0.2) is 39.7 Å². The first kappa shape index (κ1) is 24.6. The Labute approximate surface area is 227 Å². The maximum atomic E-state index is 14.1. The van der Waals surface area contributed by atoms with Crippen LogP contribution in [0, 0.1) is 11.8 Å². The number of nitrogens with one attached hydrogen (secondary N) is 1. The first-order chi connectivity index (χ1) is 19.4. The van der Waals surface area contributed by atoms with Gasteiger partial charge in [0, 0.05) is 25.6 Å². The molecule has 1 aromatic carbocycles. The Morgan fingerprint density at radius 3 is 2.60 bits per heavy atom. The second-order valence-electron chi connectivity index (χ2n) is 9.12. The van der Waals surface area contributed by atoms with Crippen molar-refractivity contribution in [3.05, 3.63) is 112 Å². The third kappa shape index (κ3) is 4.33. The van der Waals surface area contributed by atoms with Gasteiger partial charge in [0.15, 0.2) is 11.5 Å². The quantitative estimate of drug-likeness (QED) is 0.335. The molecule has 0 spiro atoms. The highest BCUT2D eigenvalue weighted by atomic mass is 16.2. The summed E-state index contributed by atoms with van der Waals surface area (Å²) in [7, 11) is 1.81. The monoisotopic (exact) mass is 529 g/mol. The van der Waals surface area contributed by atoms with Gasteiger partial charge in [-0.25, -0.2) is 14.5 Å². The normalized spacial score (nSPS) is 11.8. The van der Waals surface area contributed by atoms with Crippen LogP contribution in [0.25, 0.3) is 22.4 Å². The number of carbonyl (C=O) groups is 1. The van der Waals surface area contributed by atoms with Crippen molar-refractivity contribution >= 4 is 23.0 Å². The Kier molecular flexibility index (Phi) is 6.05. The Bertz CT molecular complexity index is 2030. The number of hydrogen-bond donors (Lipinski definition) is 2. The van der Waals surface area contributed by atoms with Gasteiger partial charge < -0.3 is 11.1 Å². The Hall–Kier alpha value is -5.76. The van der Waals surface area contributed by atoms with E-state index in [0.29, 0.717) is 39.5 Å². The van der Waals surface area contributed by atoms with E-state index in [4.69, 9.17) is 10.7 Å². The minimum absolute atomic E-state index is 0.0503. The summed E-state index contributed by atoms with van der Waals surface area (Å²) in [5, 5.41) is 11.4. The Morgan fingerprint density at radius 1 is 1.00 bits per heavy atom. The summed E-state index contributed by atoms with van der Waals surface area (Å²) in [4.78, 5) is 36.6.